The number of nitrogens with zero attached hydrogens (tertiary/aromatic N) is 3. The lowest BCUT2D eigenvalue weighted by Gasteiger charge is -2.27. The van der Waals surface area contributed by atoms with Gasteiger partial charge in [0.05, 0.1) is 24.8 Å². The number of hydrogen-bond acceptors (Lipinski definition) is 7. The van der Waals surface area contributed by atoms with Gasteiger partial charge in [-0.1, -0.05) is 5.16 Å². The van der Waals surface area contributed by atoms with Crippen molar-refractivity contribution in [3.05, 3.63) is 22.1 Å². The van der Waals surface area contributed by atoms with E-state index in [4.69, 9.17) is 15.0 Å². The standard InChI is InChI=1S/C13H18N4O2S/c1-9-7-20-8-10(9)13-15-12(16-19-13)11(14)6-17-2-4-18-5-3-17/h7-8,11H,2-6,14H2,1H3. The second-order valence-corrected chi connectivity index (χ2v) is 5.69. The van der Waals surface area contributed by atoms with Crippen LogP contribution >= 0.6 is 11.3 Å². The van der Waals surface area contributed by atoms with Gasteiger partial charge >= 0.3 is 0 Å². The molecule has 1 aliphatic heterocycles. The predicted molar refractivity (Wildman–Crippen MR) is 76.5 cm³/mol. The Kier molecular flexibility index (Phi) is 4.11. The summed E-state index contributed by atoms with van der Waals surface area (Å²) >= 11 is 1.63. The van der Waals surface area contributed by atoms with Gasteiger partial charge in [0.1, 0.15) is 0 Å². The molecule has 1 aliphatic rings. The maximum absolute atomic E-state index is 6.17. The van der Waals surface area contributed by atoms with Gasteiger partial charge in [-0.25, -0.2) is 0 Å². The maximum Gasteiger partial charge on any atom is 0.259 e. The molecule has 0 bridgehead atoms. The van der Waals surface area contributed by atoms with Gasteiger partial charge in [0, 0.05) is 25.0 Å². The van der Waals surface area contributed by atoms with Crippen molar-refractivity contribution in [2.75, 3.05) is 32.8 Å². The zero-order chi connectivity index (χ0) is 13.9. The highest BCUT2D eigenvalue weighted by Gasteiger charge is 2.20. The smallest absolute Gasteiger partial charge is 0.259 e. The molecule has 108 valence electrons. The highest BCUT2D eigenvalue weighted by molar-refractivity contribution is 7.08. The first kappa shape index (κ1) is 13.7. The lowest BCUT2D eigenvalue weighted by Crippen LogP contribution is -2.40. The molecule has 1 atom stereocenters. The van der Waals surface area contributed by atoms with Gasteiger partial charge in [-0.15, -0.1) is 0 Å². The molecule has 1 fully saturated rings. The molecule has 0 spiro atoms. The molecule has 0 aromatic carbocycles. The Balaban J connectivity index is 1.68. The van der Waals surface area contributed by atoms with Crippen LogP contribution in [-0.4, -0.2) is 47.9 Å². The number of aromatic nitrogens is 2. The summed E-state index contributed by atoms with van der Waals surface area (Å²) in [6.07, 6.45) is 0. The van der Waals surface area contributed by atoms with Crippen molar-refractivity contribution in [1.29, 1.82) is 0 Å². The molecule has 0 radical (unpaired) electrons. The Morgan fingerprint density at radius 1 is 1.40 bits per heavy atom. The third kappa shape index (κ3) is 2.90. The van der Waals surface area contributed by atoms with Gasteiger partial charge < -0.3 is 15.0 Å². The molecular weight excluding hydrogens is 276 g/mol. The van der Waals surface area contributed by atoms with Crippen LogP contribution in [0, 0.1) is 6.92 Å². The molecule has 7 heteroatoms. The molecular formula is C13H18N4O2S. The van der Waals surface area contributed by atoms with E-state index in [1.165, 1.54) is 0 Å². The first-order chi connectivity index (χ1) is 9.74. The van der Waals surface area contributed by atoms with Crippen LogP contribution in [-0.2, 0) is 4.74 Å². The molecule has 2 N–H and O–H groups in total. The Morgan fingerprint density at radius 3 is 2.90 bits per heavy atom. The SMILES string of the molecule is Cc1cscc1-c1nc(C(N)CN2CCOCC2)no1. The van der Waals surface area contributed by atoms with Gasteiger partial charge in [0.25, 0.3) is 5.89 Å². The second-order valence-electron chi connectivity index (χ2n) is 4.95. The minimum absolute atomic E-state index is 0.232. The molecule has 0 amide bonds. The lowest BCUT2D eigenvalue weighted by atomic mass is 10.2. The van der Waals surface area contributed by atoms with Crippen LogP contribution in [0.1, 0.15) is 17.4 Å². The summed E-state index contributed by atoms with van der Waals surface area (Å²) in [5.74, 6) is 1.12. The van der Waals surface area contributed by atoms with E-state index in [-0.39, 0.29) is 6.04 Å². The fraction of sp³-hybridized carbons (Fsp3) is 0.538. The highest BCUT2D eigenvalue weighted by Crippen LogP contribution is 2.25. The van der Waals surface area contributed by atoms with Crippen LogP contribution in [0.25, 0.3) is 11.5 Å². The average Bonchev–Trinajstić information content (AvgIpc) is 3.08. The van der Waals surface area contributed by atoms with Gasteiger partial charge in [-0.2, -0.15) is 16.3 Å². The van der Waals surface area contributed by atoms with Gasteiger partial charge in [0.2, 0.25) is 0 Å². The molecule has 3 rings (SSSR count). The van der Waals surface area contributed by atoms with E-state index in [0.29, 0.717) is 11.7 Å². The minimum atomic E-state index is -0.232. The van der Waals surface area contributed by atoms with E-state index < -0.39 is 0 Å². The van der Waals surface area contributed by atoms with Crippen LogP contribution in [0.15, 0.2) is 15.3 Å². The van der Waals surface area contributed by atoms with Crippen molar-refractivity contribution in [2.24, 2.45) is 5.73 Å². The quantitative estimate of drug-likeness (QED) is 0.919. The first-order valence-corrected chi connectivity index (χ1v) is 7.61. The number of ether oxygens (including phenoxy) is 1. The monoisotopic (exact) mass is 294 g/mol. The van der Waals surface area contributed by atoms with Crippen LogP contribution < -0.4 is 5.73 Å². The molecule has 0 aliphatic carbocycles. The third-order valence-electron chi connectivity index (χ3n) is 3.42. The van der Waals surface area contributed by atoms with Crippen molar-refractivity contribution < 1.29 is 9.26 Å². The molecule has 2 aromatic heterocycles. The zero-order valence-electron chi connectivity index (χ0n) is 11.4. The topological polar surface area (TPSA) is 77.4 Å². The predicted octanol–water partition coefficient (Wildman–Crippen LogP) is 1.44. The van der Waals surface area contributed by atoms with Crippen molar-refractivity contribution in [3.63, 3.8) is 0 Å². The minimum Gasteiger partial charge on any atom is -0.379 e. The second kappa shape index (κ2) is 6.01. The van der Waals surface area contributed by atoms with Crippen molar-refractivity contribution in [3.8, 4) is 11.5 Å². The molecule has 6 nitrogen and oxygen atoms in total. The van der Waals surface area contributed by atoms with E-state index in [2.05, 4.69) is 20.4 Å². The Bertz CT molecular complexity index is 562. The number of hydrogen-bond donors (Lipinski definition) is 1. The van der Waals surface area contributed by atoms with Crippen LogP contribution in [0.2, 0.25) is 0 Å². The summed E-state index contributed by atoms with van der Waals surface area (Å²) in [5, 5.41) is 8.09. The molecule has 1 saturated heterocycles. The van der Waals surface area contributed by atoms with Crippen LogP contribution in [0.5, 0.6) is 0 Å². The zero-order valence-corrected chi connectivity index (χ0v) is 12.2. The van der Waals surface area contributed by atoms with Crippen molar-refractivity contribution >= 4 is 11.3 Å². The summed E-state index contributed by atoms with van der Waals surface area (Å²) in [5.41, 5.74) is 8.30. The molecule has 0 saturated carbocycles. The van der Waals surface area contributed by atoms with Crippen LogP contribution in [0.4, 0.5) is 0 Å². The summed E-state index contributed by atoms with van der Waals surface area (Å²) < 4.78 is 10.6. The van der Waals surface area contributed by atoms with E-state index in [9.17, 15) is 0 Å². The Morgan fingerprint density at radius 2 is 2.20 bits per heavy atom. The summed E-state index contributed by atoms with van der Waals surface area (Å²) in [7, 11) is 0. The highest BCUT2D eigenvalue weighted by atomic mass is 32.1. The van der Waals surface area contributed by atoms with E-state index in [1.807, 2.05) is 12.3 Å². The number of aryl methyl sites for hydroxylation is 1. The lowest BCUT2D eigenvalue weighted by molar-refractivity contribution is 0.0348. The molecule has 20 heavy (non-hydrogen) atoms. The van der Waals surface area contributed by atoms with Crippen molar-refractivity contribution in [1.82, 2.24) is 15.0 Å². The summed E-state index contributed by atoms with van der Waals surface area (Å²) in [6.45, 7) is 6.09. The molecule has 2 aromatic rings. The normalized spacial score (nSPS) is 18.3. The molecule has 1 unspecified atom stereocenters. The van der Waals surface area contributed by atoms with E-state index in [0.717, 1.165) is 44.0 Å². The fourth-order valence-electron chi connectivity index (χ4n) is 2.22. The average molecular weight is 294 g/mol. The number of rotatable bonds is 4. The first-order valence-electron chi connectivity index (χ1n) is 6.66. The maximum atomic E-state index is 6.17. The van der Waals surface area contributed by atoms with Gasteiger partial charge in [0.15, 0.2) is 5.82 Å². The van der Waals surface area contributed by atoms with Gasteiger partial charge in [-0.05, 0) is 17.9 Å². The largest absolute Gasteiger partial charge is 0.379 e. The van der Waals surface area contributed by atoms with Gasteiger partial charge in [-0.3, -0.25) is 4.90 Å². The number of nitrogens with two attached hydrogens (primary N) is 1. The van der Waals surface area contributed by atoms with Crippen LogP contribution in [0.3, 0.4) is 0 Å². The summed E-state index contributed by atoms with van der Waals surface area (Å²) in [4.78, 5) is 6.69. The number of morpholine rings is 1. The number of thiophene rings is 1. The molecule has 3 heterocycles. The van der Waals surface area contributed by atoms with E-state index in [1.54, 1.807) is 11.3 Å². The van der Waals surface area contributed by atoms with E-state index >= 15 is 0 Å². The summed E-state index contributed by atoms with van der Waals surface area (Å²) in [6, 6.07) is -0.232. The fourth-order valence-corrected chi connectivity index (χ4v) is 3.04. The van der Waals surface area contributed by atoms with Crippen molar-refractivity contribution in [2.45, 2.75) is 13.0 Å². The Hall–Kier alpha value is -1.28. The Labute approximate surface area is 121 Å². The third-order valence-corrected chi connectivity index (χ3v) is 4.28.